The summed E-state index contributed by atoms with van der Waals surface area (Å²) in [5, 5.41) is 14.4. The zero-order chi connectivity index (χ0) is 21.1. The van der Waals surface area contributed by atoms with Gasteiger partial charge in [-0.25, -0.2) is 9.18 Å². The molecule has 1 N–H and O–H groups in total. The second kappa shape index (κ2) is 8.46. The van der Waals surface area contributed by atoms with Gasteiger partial charge >= 0.3 is 5.97 Å². The smallest absolute Gasteiger partial charge is 0.338 e. The average molecular weight is 423 g/mol. The number of para-hydroxylation sites is 1. The number of ether oxygens (including phenoxy) is 2. The van der Waals surface area contributed by atoms with Gasteiger partial charge in [0.1, 0.15) is 17.3 Å². The van der Waals surface area contributed by atoms with Crippen LogP contribution in [-0.4, -0.2) is 29.9 Å². The van der Waals surface area contributed by atoms with E-state index in [0.29, 0.717) is 17.3 Å². The summed E-state index contributed by atoms with van der Waals surface area (Å²) in [6, 6.07) is 13.6. The van der Waals surface area contributed by atoms with Crippen LogP contribution in [0.4, 0.5) is 15.9 Å². The van der Waals surface area contributed by atoms with Gasteiger partial charge in [0.15, 0.2) is 5.82 Å². The van der Waals surface area contributed by atoms with Crippen molar-refractivity contribution >= 4 is 38.9 Å². The standard InChI is InChI=1S/C22H18FN3O3S/c1-3-29-22(27)13-8-9-17(16(23)12-13)24-21-15-10-11-30-20(15)19(25-26-21)14-6-4-5-7-18(14)28-2/h4-12H,3H2,1-2H3,(H,24,26). The Hall–Kier alpha value is -3.52. The van der Waals surface area contributed by atoms with Gasteiger partial charge in [-0.3, -0.25) is 0 Å². The molecule has 0 fully saturated rings. The number of thiophene rings is 1. The molecule has 0 saturated carbocycles. The van der Waals surface area contributed by atoms with E-state index < -0.39 is 11.8 Å². The molecule has 0 amide bonds. The summed E-state index contributed by atoms with van der Waals surface area (Å²) < 4.78 is 25.8. The summed E-state index contributed by atoms with van der Waals surface area (Å²) in [5.41, 5.74) is 1.87. The van der Waals surface area contributed by atoms with Gasteiger partial charge in [0.05, 0.1) is 29.7 Å². The van der Waals surface area contributed by atoms with E-state index in [1.807, 2.05) is 35.7 Å². The van der Waals surface area contributed by atoms with Crippen molar-refractivity contribution in [2.45, 2.75) is 6.92 Å². The number of halogens is 1. The van der Waals surface area contributed by atoms with Gasteiger partial charge in [-0.05, 0) is 48.7 Å². The highest BCUT2D eigenvalue weighted by Gasteiger charge is 2.17. The van der Waals surface area contributed by atoms with Crippen LogP contribution in [0, 0.1) is 5.82 Å². The Labute approximate surface area is 176 Å². The maximum atomic E-state index is 14.6. The third kappa shape index (κ3) is 3.69. The van der Waals surface area contributed by atoms with Crippen molar-refractivity contribution in [1.82, 2.24) is 10.2 Å². The fourth-order valence-electron chi connectivity index (χ4n) is 3.07. The zero-order valence-corrected chi connectivity index (χ0v) is 17.1. The SMILES string of the molecule is CCOC(=O)c1ccc(Nc2nnc(-c3ccccc3OC)c3sccc23)c(F)c1. The molecule has 152 valence electrons. The van der Waals surface area contributed by atoms with Crippen molar-refractivity contribution in [3.8, 4) is 17.0 Å². The first kappa shape index (κ1) is 19.8. The predicted octanol–water partition coefficient (Wildman–Crippen LogP) is 5.43. The maximum absolute atomic E-state index is 14.6. The molecule has 2 heterocycles. The summed E-state index contributed by atoms with van der Waals surface area (Å²) in [4.78, 5) is 11.8. The summed E-state index contributed by atoms with van der Waals surface area (Å²) >= 11 is 1.52. The Kier molecular flexibility index (Phi) is 5.58. The zero-order valence-electron chi connectivity index (χ0n) is 16.3. The minimum atomic E-state index is -0.584. The van der Waals surface area contributed by atoms with Crippen LogP contribution in [0.2, 0.25) is 0 Å². The minimum Gasteiger partial charge on any atom is -0.496 e. The number of aromatic nitrogens is 2. The molecule has 6 nitrogen and oxygen atoms in total. The van der Waals surface area contributed by atoms with Crippen molar-refractivity contribution in [2.24, 2.45) is 0 Å². The van der Waals surface area contributed by atoms with Gasteiger partial charge in [0.2, 0.25) is 0 Å². The Morgan fingerprint density at radius 1 is 1.17 bits per heavy atom. The highest BCUT2D eigenvalue weighted by Crippen LogP contribution is 2.38. The number of carbonyl (C=O) groups is 1. The lowest BCUT2D eigenvalue weighted by Gasteiger charge is -2.11. The molecule has 0 radical (unpaired) electrons. The molecule has 0 atom stereocenters. The monoisotopic (exact) mass is 423 g/mol. The van der Waals surface area contributed by atoms with Crippen LogP contribution in [0.5, 0.6) is 5.75 Å². The highest BCUT2D eigenvalue weighted by molar-refractivity contribution is 7.17. The lowest BCUT2D eigenvalue weighted by Crippen LogP contribution is -2.06. The number of anilines is 2. The molecule has 2 aromatic carbocycles. The van der Waals surface area contributed by atoms with E-state index in [9.17, 15) is 9.18 Å². The van der Waals surface area contributed by atoms with E-state index in [4.69, 9.17) is 9.47 Å². The van der Waals surface area contributed by atoms with Crippen LogP contribution < -0.4 is 10.1 Å². The van der Waals surface area contributed by atoms with Crippen LogP contribution >= 0.6 is 11.3 Å². The topological polar surface area (TPSA) is 73.3 Å². The lowest BCUT2D eigenvalue weighted by molar-refractivity contribution is 0.0526. The Morgan fingerprint density at radius 2 is 2.00 bits per heavy atom. The molecule has 0 bridgehead atoms. The van der Waals surface area contributed by atoms with Gasteiger partial charge in [-0.1, -0.05) is 12.1 Å². The van der Waals surface area contributed by atoms with Gasteiger partial charge in [0.25, 0.3) is 0 Å². The first-order valence-corrected chi connectivity index (χ1v) is 10.1. The molecule has 0 spiro atoms. The van der Waals surface area contributed by atoms with Crippen molar-refractivity contribution < 1.29 is 18.7 Å². The molecule has 0 unspecified atom stereocenters. The number of nitrogens with one attached hydrogen (secondary N) is 1. The third-order valence-electron chi connectivity index (χ3n) is 4.48. The molecule has 4 aromatic rings. The van der Waals surface area contributed by atoms with E-state index in [1.54, 1.807) is 14.0 Å². The van der Waals surface area contributed by atoms with Crippen LogP contribution in [0.1, 0.15) is 17.3 Å². The second-order valence-corrected chi connectivity index (χ2v) is 7.22. The summed E-state index contributed by atoms with van der Waals surface area (Å²) in [7, 11) is 1.61. The Balaban J connectivity index is 1.70. The number of carbonyl (C=O) groups excluding carboxylic acids is 1. The highest BCUT2D eigenvalue weighted by atomic mass is 32.1. The van der Waals surface area contributed by atoms with Gasteiger partial charge in [-0.2, -0.15) is 0 Å². The molecule has 4 rings (SSSR count). The lowest BCUT2D eigenvalue weighted by atomic mass is 10.1. The number of esters is 1. The summed E-state index contributed by atoms with van der Waals surface area (Å²) in [6.07, 6.45) is 0. The number of methoxy groups -OCH3 is 1. The number of nitrogens with zero attached hydrogens (tertiary/aromatic N) is 2. The minimum absolute atomic E-state index is 0.151. The number of benzene rings is 2. The molecule has 0 saturated heterocycles. The van der Waals surface area contributed by atoms with E-state index in [2.05, 4.69) is 15.5 Å². The summed E-state index contributed by atoms with van der Waals surface area (Å²) in [5.74, 6) is -0.0286. The van der Waals surface area contributed by atoms with Gasteiger partial charge in [0, 0.05) is 10.9 Å². The van der Waals surface area contributed by atoms with E-state index in [1.165, 1.54) is 23.5 Å². The fourth-order valence-corrected chi connectivity index (χ4v) is 3.97. The quantitative estimate of drug-likeness (QED) is 0.417. The molecule has 0 aliphatic carbocycles. The first-order chi connectivity index (χ1) is 14.6. The van der Waals surface area contributed by atoms with Crippen LogP contribution in [-0.2, 0) is 4.74 Å². The van der Waals surface area contributed by atoms with Crippen molar-refractivity contribution in [1.29, 1.82) is 0 Å². The second-order valence-electron chi connectivity index (χ2n) is 6.30. The molecule has 0 aliphatic heterocycles. The summed E-state index contributed by atoms with van der Waals surface area (Å²) in [6.45, 7) is 1.92. The van der Waals surface area contributed by atoms with Crippen molar-refractivity contribution in [2.75, 3.05) is 19.0 Å². The van der Waals surface area contributed by atoms with Gasteiger partial charge < -0.3 is 14.8 Å². The first-order valence-electron chi connectivity index (χ1n) is 9.23. The fraction of sp³-hybridized carbons (Fsp3) is 0.136. The van der Waals surface area contributed by atoms with Gasteiger partial charge in [-0.15, -0.1) is 21.5 Å². The van der Waals surface area contributed by atoms with Crippen molar-refractivity contribution in [3.63, 3.8) is 0 Å². The number of hydrogen-bond acceptors (Lipinski definition) is 7. The van der Waals surface area contributed by atoms with Crippen molar-refractivity contribution in [3.05, 3.63) is 65.3 Å². The average Bonchev–Trinajstić information content (AvgIpc) is 3.26. The molecular weight excluding hydrogens is 405 g/mol. The number of hydrogen-bond donors (Lipinski definition) is 1. The molecule has 2 aromatic heterocycles. The Bertz CT molecular complexity index is 1230. The molecule has 8 heteroatoms. The largest absolute Gasteiger partial charge is 0.496 e. The van der Waals surface area contributed by atoms with Crippen LogP contribution in [0.25, 0.3) is 21.3 Å². The van der Waals surface area contributed by atoms with E-state index >= 15 is 0 Å². The van der Waals surface area contributed by atoms with Crippen LogP contribution in [0.15, 0.2) is 53.9 Å². The Morgan fingerprint density at radius 3 is 2.77 bits per heavy atom. The number of rotatable bonds is 6. The molecule has 0 aliphatic rings. The molecule has 30 heavy (non-hydrogen) atoms. The number of fused-ring (bicyclic) bond motifs is 1. The van der Waals surface area contributed by atoms with E-state index in [-0.39, 0.29) is 17.9 Å². The third-order valence-corrected chi connectivity index (χ3v) is 5.40. The predicted molar refractivity (Wildman–Crippen MR) is 115 cm³/mol. The molecular formula is C22H18FN3O3S. The van der Waals surface area contributed by atoms with Crippen LogP contribution in [0.3, 0.4) is 0 Å². The van der Waals surface area contributed by atoms with E-state index in [0.717, 1.165) is 21.7 Å². The maximum Gasteiger partial charge on any atom is 0.338 e. The normalized spacial score (nSPS) is 10.8.